The second kappa shape index (κ2) is 9.30. The van der Waals surface area contributed by atoms with Crippen molar-refractivity contribution in [2.75, 3.05) is 28.1 Å². The lowest BCUT2D eigenvalue weighted by Gasteiger charge is -2.21. The van der Waals surface area contributed by atoms with Crippen LogP contribution in [0.1, 0.15) is 21.5 Å². The summed E-state index contributed by atoms with van der Waals surface area (Å²) in [6, 6.07) is 16.6. The highest BCUT2D eigenvalue weighted by atomic mass is 16.7. The van der Waals surface area contributed by atoms with Gasteiger partial charge in [-0.05, 0) is 47.9 Å². The summed E-state index contributed by atoms with van der Waals surface area (Å²) in [6.07, 6.45) is 0. The molecule has 36 heavy (non-hydrogen) atoms. The highest BCUT2D eigenvalue weighted by Crippen LogP contribution is 2.44. The minimum Gasteiger partial charge on any atom is -0.493 e. The van der Waals surface area contributed by atoms with Gasteiger partial charge in [-0.15, -0.1) is 0 Å². The van der Waals surface area contributed by atoms with Crippen LogP contribution in [0.2, 0.25) is 0 Å². The molecule has 0 N–H and O–H groups in total. The third-order valence-corrected chi connectivity index (χ3v) is 6.41. The van der Waals surface area contributed by atoms with Gasteiger partial charge in [-0.1, -0.05) is 30.3 Å². The molecule has 0 aliphatic carbocycles. The molecule has 5 rings (SSSR count). The molecule has 3 aromatic carbocycles. The van der Waals surface area contributed by atoms with E-state index in [2.05, 4.69) is 0 Å². The van der Waals surface area contributed by atoms with E-state index in [1.54, 1.807) is 34.9 Å². The van der Waals surface area contributed by atoms with Gasteiger partial charge in [0.05, 0.1) is 38.8 Å². The molecular weight excluding hydrogens is 462 g/mol. The summed E-state index contributed by atoms with van der Waals surface area (Å²) in [4.78, 5) is 27.2. The van der Waals surface area contributed by atoms with Crippen LogP contribution in [0.3, 0.4) is 0 Å². The maximum Gasteiger partial charge on any atom is 0.344 e. The Labute approximate surface area is 207 Å². The average Bonchev–Trinajstić information content (AvgIpc) is 3.37. The van der Waals surface area contributed by atoms with Crippen molar-refractivity contribution in [1.29, 1.82) is 0 Å². The van der Waals surface area contributed by atoms with Gasteiger partial charge in [0.15, 0.2) is 23.0 Å². The van der Waals surface area contributed by atoms with Crippen molar-refractivity contribution in [3.63, 3.8) is 0 Å². The molecular formula is C28H25NO7. The second-order valence-electron chi connectivity index (χ2n) is 8.32. The standard InChI is InChI=1S/C28H25NO7/c1-16-7-5-6-8-18(16)14-29-19-10-12-21(32-2)26(33-3)24(19)23(25(27(29)30)28(31)34-4)17-9-11-20-22(13-17)36-15-35-20/h5-13H,14-15H2,1-4H3. The van der Waals surface area contributed by atoms with Gasteiger partial charge in [0, 0.05) is 5.56 Å². The number of nitrogens with zero attached hydrogens (tertiary/aromatic N) is 1. The van der Waals surface area contributed by atoms with E-state index in [1.807, 2.05) is 31.2 Å². The van der Waals surface area contributed by atoms with E-state index in [9.17, 15) is 9.59 Å². The summed E-state index contributed by atoms with van der Waals surface area (Å²) in [6.45, 7) is 2.33. The molecule has 184 valence electrons. The molecule has 4 aromatic rings. The number of esters is 1. The Morgan fingerprint density at radius 2 is 1.75 bits per heavy atom. The monoisotopic (exact) mass is 487 g/mol. The van der Waals surface area contributed by atoms with Crippen molar-refractivity contribution >= 4 is 16.9 Å². The van der Waals surface area contributed by atoms with Crippen LogP contribution in [-0.4, -0.2) is 38.7 Å². The fourth-order valence-corrected chi connectivity index (χ4v) is 4.61. The number of benzene rings is 3. The van der Waals surface area contributed by atoms with Gasteiger partial charge < -0.3 is 28.3 Å². The molecule has 8 nitrogen and oxygen atoms in total. The van der Waals surface area contributed by atoms with Gasteiger partial charge in [0.25, 0.3) is 5.56 Å². The van der Waals surface area contributed by atoms with Crippen LogP contribution in [0.4, 0.5) is 0 Å². The highest BCUT2D eigenvalue weighted by Gasteiger charge is 2.29. The van der Waals surface area contributed by atoms with E-state index in [1.165, 1.54) is 21.3 Å². The van der Waals surface area contributed by atoms with E-state index in [4.69, 9.17) is 23.7 Å². The first-order valence-corrected chi connectivity index (χ1v) is 11.3. The molecule has 0 radical (unpaired) electrons. The number of hydrogen-bond donors (Lipinski definition) is 0. The summed E-state index contributed by atoms with van der Waals surface area (Å²) in [5.41, 5.74) is 2.93. The van der Waals surface area contributed by atoms with Gasteiger partial charge in [-0.25, -0.2) is 4.79 Å². The summed E-state index contributed by atoms with van der Waals surface area (Å²) >= 11 is 0. The fraction of sp³-hybridized carbons (Fsp3) is 0.214. The first kappa shape index (κ1) is 23.3. The molecule has 1 aromatic heterocycles. The number of methoxy groups -OCH3 is 3. The van der Waals surface area contributed by atoms with Crippen molar-refractivity contribution < 1.29 is 28.5 Å². The van der Waals surface area contributed by atoms with Crippen LogP contribution in [0.25, 0.3) is 22.0 Å². The van der Waals surface area contributed by atoms with Crippen molar-refractivity contribution in [2.24, 2.45) is 0 Å². The largest absolute Gasteiger partial charge is 0.493 e. The molecule has 1 aliphatic heterocycles. The van der Waals surface area contributed by atoms with Gasteiger partial charge in [-0.3, -0.25) is 4.79 Å². The summed E-state index contributed by atoms with van der Waals surface area (Å²) in [7, 11) is 4.31. The second-order valence-corrected chi connectivity index (χ2v) is 8.32. The molecule has 0 amide bonds. The van der Waals surface area contributed by atoms with Gasteiger partial charge in [0.2, 0.25) is 6.79 Å². The Morgan fingerprint density at radius 1 is 0.972 bits per heavy atom. The van der Waals surface area contributed by atoms with E-state index >= 15 is 0 Å². The Balaban J connectivity index is 1.93. The zero-order valence-corrected chi connectivity index (χ0v) is 20.4. The van der Waals surface area contributed by atoms with E-state index in [0.717, 1.165) is 11.1 Å². The summed E-state index contributed by atoms with van der Waals surface area (Å²) in [5.74, 6) is 1.20. The molecule has 0 fully saturated rings. The molecule has 0 atom stereocenters. The fourth-order valence-electron chi connectivity index (χ4n) is 4.61. The molecule has 0 spiro atoms. The molecule has 0 bridgehead atoms. The van der Waals surface area contributed by atoms with Crippen LogP contribution in [0.5, 0.6) is 23.0 Å². The third-order valence-electron chi connectivity index (χ3n) is 6.41. The number of aromatic nitrogens is 1. The number of aryl methyl sites for hydroxylation is 1. The number of fused-ring (bicyclic) bond motifs is 2. The number of pyridine rings is 1. The first-order chi connectivity index (χ1) is 17.5. The molecule has 0 saturated carbocycles. The number of carbonyl (C=O) groups is 1. The summed E-state index contributed by atoms with van der Waals surface area (Å²) in [5, 5.41) is 0.546. The van der Waals surface area contributed by atoms with Crippen molar-refractivity contribution in [1.82, 2.24) is 4.57 Å². The van der Waals surface area contributed by atoms with E-state index in [-0.39, 0.29) is 18.9 Å². The number of ether oxygens (including phenoxy) is 5. The minimum atomic E-state index is -0.752. The Kier molecular flexibility index (Phi) is 6.01. The maximum atomic E-state index is 14.0. The lowest BCUT2D eigenvalue weighted by atomic mass is 9.94. The zero-order valence-electron chi connectivity index (χ0n) is 20.4. The van der Waals surface area contributed by atoms with Crippen LogP contribution in [0.15, 0.2) is 59.4 Å². The smallest absolute Gasteiger partial charge is 0.344 e. The Hall–Kier alpha value is -4.46. The minimum absolute atomic E-state index is 0.0958. The van der Waals surface area contributed by atoms with Crippen LogP contribution in [0, 0.1) is 6.92 Å². The average molecular weight is 488 g/mol. The van der Waals surface area contributed by atoms with Gasteiger partial charge in [-0.2, -0.15) is 0 Å². The zero-order chi connectivity index (χ0) is 25.4. The van der Waals surface area contributed by atoms with Crippen LogP contribution < -0.4 is 24.5 Å². The lowest BCUT2D eigenvalue weighted by Crippen LogP contribution is -2.29. The van der Waals surface area contributed by atoms with Crippen molar-refractivity contribution in [3.05, 3.63) is 81.6 Å². The molecule has 0 saturated heterocycles. The van der Waals surface area contributed by atoms with Crippen molar-refractivity contribution in [3.8, 4) is 34.1 Å². The lowest BCUT2D eigenvalue weighted by molar-refractivity contribution is 0.0599. The number of carbonyl (C=O) groups excluding carboxylic acids is 1. The van der Waals surface area contributed by atoms with Gasteiger partial charge in [0.1, 0.15) is 5.56 Å². The maximum absolute atomic E-state index is 14.0. The first-order valence-electron chi connectivity index (χ1n) is 11.3. The Morgan fingerprint density at radius 3 is 2.47 bits per heavy atom. The van der Waals surface area contributed by atoms with Crippen LogP contribution >= 0.6 is 0 Å². The normalized spacial score (nSPS) is 12.0. The molecule has 1 aliphatic rings. The number of hydrogen-bond acceptors (Lipinski definition) is 7. The Bertz CT molecular complexity index is 1550. The highest BCUT2D eigenvalue weighted by molar-refractivity contribution is 6.10. The number of rotatable bonds is 6. The third kappa shape index (κ3) is 3.71. The van der Waals surface area contributed by atoms with E-state index in [0.29, 0.717) is 45.0 Å². The van der Waals surface area contributed by atoms with Crippen LogP contribution in [-0.2, 0) is 11.3 Å². The molecule has 8 heteroatoms. The molecule has 0 unspecified atom stereocenters. The topological polar surface area (TPSA) is 85.2 Å². The summed E-state index contributed by atoms with van der Waals surface area (Å²) < 4.78 is 29.1. The predicted octanol–water partition coefficient (Wildman–Crippen LogP) is 4.56. The molecule has 2 heterocycles. The SMILES string of the molecule is COC(=O)c1c(-c2ccc3c(c2)OCO3)c2c(OC)c(OC)ccc2n(Cc2ccccc2C)c1=O. The quantitative estimate of drug-likeness (QED) is 0.369. The predicted molar refractivity (Wildman–Crippen MR) is 134 cm³/mol. The van der Waals surface area contributed by atoms with Crippen molar-refractivity contribution in [2.45, 2.75) is 13.5 Å². The van der Waals surface area contributed by atoms with Gasteiger partial charge >= 0.3 is 5.97 Å². The van der Waals surface area contributed by atoms with E-state index < -0.39 is 11.5 Å².